The van der Waals surface area contributed by atoms with Crippen LogP contribution in [0.2, 0.25) is 0 Å². The van der Waals surface area contributed by atoms with Crippen LogP contribution in [0, 0.1) is 6.92 Å². The molecule has 0 aliphatic rings. The van der Waals surface area contributed by atoms with Crippen molar-refractivity contribution in [1.29, 1.82) is 0 Å². The molecule has 0 amide bonds. The minimum Gasteiger partial charge on any atom is -0.383 e. The molecule has 1 atom stereocenters. The third-order valence-corrected chi connectivity index (χ3v) is 3.23. The molecule has 7 heteroatoms. The Morgan fingerprint density at radius 3 is 2.95 bits per heavy atom. The maximum Gasteiger partial charge on any atom is 0.146 e. The van der Waals surface area contributed by atoms with Gasteiger partial charge in [-0.25, -0.2) is 4.98 Å². The highest BCUT2D eigenvalue weighted by Crippen LogP contribution is 2.00. The number of hydrogen-bond donors (Lipinski definition) is 1. The molecule has 0 saturated heterocycles. The zero-order valence-corrected chi connectivity index (χ0v) is 12.3. The highest BCUT2D eigenvalue weighted by atomic mass is 16.5. The van der Waals surface area contributed by atoms with Gasteiger partial charge in [-0.3, -0.25) is 0 Å². The van der Waals surface area contributed by atoms with Crippen LogP contribution in [0.5, 0.6) is 0 Å². The Hall–Kier alpha value is -1.73. The summed E-state index contributed by atoms with van der Waals surface area (Å²) >= 11 is 0. The Balaban J connectivity index is 1.82. The second kappa shape index (κ2) is 7.16. The van der Waals surface area contributed by atoms with Crippen molar-refractivity contribution in [1.82, 2.24) is 29.6 Å². The van der Waals surface area contributed by atoms with E-state index in [1.807, 2.05) is 23.9 Å². The molecule has 20 heavy (non-hydrogen) atoms. The summed E-state index contributed by atoms with van der Waals surface area (Å²) in [6, 6.07) is 0.329. The summed E-state index contributed by atoms with van der Waals surface area (Å²) in [6.07, 6.45) is 5.55. The lowest BCUT2D eigenvalue weighted by Crippen LogP contribution is -2.31. The second-order valence-corrected chi connectivity index (χ2v) is 4.84. The third kappa shape index (κ3) is 3.88. The van der Waals surface area contributed by atoms with Crippen molar-refractivity contribution >= 4 is 0 Å². The Morgan fingerprint density at radius 1 is 1.40 bits per heavy atom. The van der Waals surface area contributed by atoms with E-state index in [0.717, 1.165) is 24.7 Å². The Bertz CT molecular complexity index is 520. The first-order valence-corrected chi connectivity index (χ1v) is 6.77. The normalized spacial score (nSPS) is 12.8. The number of methoxy groups -OCH3 is 1. The van der Waals surface area contributed by atoms with Gasteiger partial charge in [0.15, 0.2) is 0 Å². The van der Waals surface area contributed by atoms with Gasteiger partial charge in [0, 0.05) is 38.6 Å². The fourth-order valence-corrected chi connectivity index (χ4v) is 2.01. The van der Waals surface area contributed by atoms with Crippen molar-refractivity contribution in [3.8, 4) is 0 Å². The predicted octanol–water partition coefficient (Wildman–Crippen LogP) is 0.608. The Morgan fingerprint density at radius 2 is 2.25 bits per heavy atom. The molecule has 0 fully saturated rings. The molecule has 2 aromatic rings. The number of nitrogens with zero attached hydrogens (tertiary/aromatic N) is 5. The van der Waals surface area contributed by atoms with Crippen LogP contribution in [0.25, 0.3) is 0 Å². The Labute approximate surface area is 119 Å². The van der Waals surface area contributed by atoms with E-state index in [4.69, 9.17) is 4.74 Å². The number of nitrogens with one attached hydrogen (secondary N) is 1. The highest BCUT2D eigenvalue weighted by Gasteiger charge is 2.08. The quantitative estimate of drug-likeness (QED) is 0.766. The number of aryl methyl sites for hydroxylation is 1. The highest BCUT2D eigenvalue weighted by molar-refractivity contribution is 4.90. The first kappa shape index (κ1) is 14.7. The van der Waals surface area contributed by atoms with E-state index in [1.165, 1.54) is 0 Å². The van der Waals surface area contributed by atoms with E-state index >= 15 is 0 Å². The van der Waals surface area contributed by atoms with Gasteiger partial charge in [0.05, 0.1) is 13.2 Å². The second-order valence-electron chi connectivity index (χ2n) is 4.84. The first-order valence-electron chi connectivity index (χ1n) is 6.77. The molecule has 1 N–H and O–H groups in total. The number of imidazole rings is 1. The number of aromatic nitrogens is 5. The van der Waals surface area contributed by atoms with Crippen molar-refractivity contribution in [2.24, 2.45) is 0 Å². The van der Waals surface area contributed by atoms with Gasteiger partial charge >= 0.3 is 0 Å². The van der Waals surface area contributed by atoms with Crippen molar-refractivity contribution in [3.63, 3.8) is 0 Å². The number of ether oxygens (including phenoxy) is 1. The number of rotatable bonds is 8. The summed E-state index contributed by atoms with van der Waals surface area (Å²) < 4.78 is 9.21. The maximum atomic E-state index is 5.07. The molecule has 0 bridgehead atoms. The summed E-state index contributed by atoms with van der Waals surface area (Å²) in [6.45, 7) is 7.17. The van der Waals surface area contributed by atoms with Crippen LogP contribution in [0.15, 0.2) is 18.7 Å². The van der Waals surface area contributed by atoms with Crippen LogP contribution in [0.4, 0.5) is 0 Å². The van der Waals surface area contributed by atoms with E-state index in [0.29, 0.717) is 19.2 Å². The first-order chi connectivity index (χ1) is 9.70. The molecule has 2 rings (SSSR count). The molecule has 0 radical (unpaired) electrons. The lowest BCUT2D eigenvalue weighted by molar-refractivity contribution is 0.186. The molecule has 0 unspecified atom stereocenters. The smallest absolute Gasteiger partial charge is 0.146 e. The molecule has 0 spiro atoms. The topological polar surface area (TPSA) is 69.8 Å². The van der Waals surface area contributed by atoms with E-state index < -0.39 is 0 Å². The molecule has 0 aromatic carbocycles. The molecule has 2 heterocycles. The van der Waals surface area contributed by atoms with Gasteiger partial charge in [0.2, 0.25) is 0 Å². The standard InChI is InChI=1S/C13H22N6O/c1-11(9-18-5-4-14-12(18)2)15-8-13-17-16-10-19(13)6-7-20-3/h4-5,10-11,15H,6-9H2,1-3H3/t11-/m1/s1. The SMILES string of the molecule is COCCn1cnnc1CN[C@H](C)Cn1ccnc1C. The molecule has 110 valence electrons. The van der Waals surface area contributed by atoms with Crippen LogP contribution in [-0.4, -0.2) is 44.1 Å². The lowest BCUT2D eigenvalue weighted by atomic mass is 10.3. The fraction of sp³-hybridized carbons (Fsp3) is 0.615. The van der Waals surface area contributed by atoms with E-state index in [9.17, 15) is 0 Å². The van der Waals surface area contributed by atoms with Gasteiger partial charge < -0.3 is 19.2 Å². The van der Waals surface area contributed by atoms with Gasteiger partial charge in [-0.15, -0.1) is 10.2 Å². The van der Waals surface area contributed by atoms with Crippen LogP contribution in [-0.2, 0) is 24.4 Å². The summed E-state index contributed by atoms with van der Waals surface area (Å²) in [4.78, 5) is 4.22. The lowest BCUT2D eigenvalue weighted by Gasteiger charge is -2.15. The molecule has 7 nitrogen and oxygen atoms in total. The van der Waals surface area contributed by atoms with Gasteiger partial charge in [-0.05, 0) is 13.8 Å². The van der Waals surface area contributed by atoms with E-state index in [1.54, 1.807) is 13.4 Å². The number of hydrogen-bond acceptors (Lipinski definition) is 5. The van der Waals surface area contributed by atoms with Gasteiger partial charge in [-0.2, -0.15) is 0 Å². The molecule has 0 aliphatic carbocycles. The molecular weight excluding hydrogens is 256 g/mol. The molecule has 2 aromatic heterocycles. The molecule has 0 aliphatic heterocycles. The van der Waals surface area contributed by atoms with Crippen molar-refractivity contribution in [2.75, 3.05) is 13.7 Å². The van der Waals surface area contributed by atoms with Crippen molar-refractivity contribution in [2.45, 2.75) is 39.5 Å². The maximum absolute atomic E-state index is 5.07. The van der Waals surface area contributed by atoms with Crippen molar-refractivity contribution < 1.29 is 4.74 Å². The van der Waals surface area contributed by atoms with E-state index in [-0.39, 0.29) is 0 Å². The van der Waals surface area contributed by atoms with E-state index in [2.05, 4.69) is 32.0 Å². The average molecular weight is 278 g/mol. The minimum atomic E-state index is 0.329. The Kier molecular flexibility index (Phi) is 5.25. The zero-order valence-electron chi connectivity index (χ0n) is 12.3. The average Bonchev–Trinajstić information content (AvgIpc) is 3.04. The fourth-order valence-electron chi connectivity index (χ4n) is 2.01. The summed E-state index contributed by atoms with van der Waals surface area (Å²) in [5.74, 6) is 1.96. The van der Waals surface area contributed by atoms with Crippen LogP contribution < -0.4 is 5.32 Å². The van der Waals surface area contributed by atoms with Crippen LogP contribution in [0.1, 0.15) is 18.6 Å². The summed E-state index contributed by atoms with van der Waals surface area (Å²) in [5.41, 5.74) is 0. The van der Waals surface area contributed by atoms with Crippen LogP contribution >= 0.6 is 0 Å². The summed E-state index contributed by atoms with van der Waals surface area (Å²) in [5, 5.41) is 11.5. The summed E-state index contributed by atoms with van der Waals surface area (Å²) in [7, 11) is 1.69. The zero-order chi connectivity index (χ0) is 14.4. The van der Waals surface area contributed by atoms with Crippen LogP contribution in [0.3, 0.4) is 0 Å². The van der Waals surface area contributed by atoms with Crippen molar-refractivity contribution in [3.05, 3.63) is 30.4 Å². The minimum absolute atomic E-state index is 0.329. The largest absolute Gasteiger partial charge is 0.383 e. The monoisotopic (exact) mass is 278 g/mol. The molecule has 0 saturated carbocycles. The van der Waals surface area contributed by atoms with Gasteiger partial charge in [-0.1, -0.05) is 0 Å². The predicted molar refractivity (Wildman–Crippen MR) is 75.2 cm³/mol. The molecular formula is C13H22N6O. The van der Waals surface area contributed by atoms with Gasteiger partial charge in [0.25, 0.3) is 0 Å². The third-order valence-electron chi connectivity index (χ3n) is 3.23. The van der Waals surface area contributed by atoms with Gasteiger partial charge in [0.1, 0.15) is 18.0 Å².